The average Bonchev–Trinajstić information content (AvgIpc) is 3.08. The summed E-state index contributed by atoms with van der Waals surface area (Å²) in [6, 6.07) is 6.57. The summed E-state index contributed by atoms with van der Waals surface area (Å²) >= 11 is 4.71. The van der Waals surface area contributed by atoms with Crippen molar-refractivity contribution in [3.8, 4) is 11.5 Å². The largest absolute Gasteiger partial charge is 0.508 e. The van der Waals surface area contributed by atoms with Crippen LogP contribution in [0.5, 0.6) is 11.5 Å². The Bertz CT molecular complexity index is 957. The van der Waals surface area contributed by atoms with Crippen LogP contribution in [0.1, 0.15) is 105 Å². The number of carbonyl (C=O) groups is 4. The molecule has 10 nitrogen and oxygen atoms in total. The molecule has 1 aromatic rings. The van der Waals surface area contributed by atoms with Gasteiger partial charge in [0.1, 0.15) is 18.0 Å². The summed E-state index contributed by atoms with van der Waals surface area (Å²) < 4.78 is 14.5. The SMILES string of the molecule is C=CC(=O)Cl.C=CC(=O)N(CCCCCCCC)CC(=O)OCC.CCCCCCCCNCC(=O)OCC.COc1ccc(O)cc1. The molecule has 0 bridgehead atoms. The van der Waals surface area contributed by atoms with E-state index < -0.39 is 5.24 Å². The molecule has 0 aliphatic rings. The highest BCUT2D eigenvalue weighted by Crippen LogP contribution is 2.14. The Morgan fingerprint density at radius 1 is 0.771 bits per heavy atom. The fourth-order valence-electron chi connectivity index (χ4n) is 3.86. The maximum atomic E-state index is 11.6. The number of esters is 2. The van der Waals surface area contributed by atoms with Crippen LogP contribution in [0.3, 0.4) is 0 Å². The van der Waals surface area contributed by atoms with Crippen molar-refractivity contribution in [3.63, 3.8) is 0 Å². The molecule has 1 aromatic carbocycles. The number of benzene rings is 1. The number of unbranched alkanes of at least 4 members (excludes halogenated alkanes) is 10. The van der Waals surface area contributed by atoms with Crippen molar-refractivity contribution >= 4 is 34.7 Å². The van der Waals surface area contributed by atoms with Crippen LogP contribution in [-0.4, -0.2) is 79.6 Å². The van der Waals surface area contributed by atoms with E-state index in [-0.39, 0.29) is 30.1 Å². The number of nitrogens with one attached hydrogen (secondary N) is 1. The Labute approximate surface area is 295 Å². The number of hydrogen-bond donors (Lipinski definition) is 2. The summed E-state index contributed by atoms with van der Waals surface area (Å²) in [6.07, 6.45) is 16.9. The van der Waals surface area contributed by atoms with Crippen molar-refractivity contribution in [2.45, 2.75) is 105 Å². The van der Waals surface area contributed by atoms with Gasteiger partial charge in [-0.05, 0) is 81.3 Å². The lowest BCUT2D eigenvalue weighted by Gasteiger charge is -2.20. The minimum Gasteiger partial charge on any atom is -0.508 e. The Balaban J connectivity index is -0.000000616. The number of phenolic OH excluding ortho intramolecular Hbond substituents is 1. The second kappa shape index (κ2) is 38.1. The molecular formula is C37H63ClN2O8. The van der Waals surface area contributed by atoms with Gasteiger partial charge >= 0.3 is 11.9 Å². The van der Waals surface area contributed by atoms with E-state index in [1.807, 2.05) is 6.92 Å². The number of nitrogens with zero attached hydrogens (tertiary/aromatic N) is 1. The average molecular weight is 699 g/mol. The van der Waals surface area contributed by atoms with Crippen LogP contribution in [-0.2, 0) is 28.7 Å². The van der Waals surface area contributed by atoms with Crippen molar-refractivity contribution in [2.75, 3.05) is 46.5 Å². The zero-order valence-corrected chi connectivity index (χ0v) is 31.0. The number of allylic oxidation sites excluding steroid dienone is 1. The van der Waals surface area contributed by atoms with Crippen molar-refractivity contribution < 1.29 is 38.5 Å². The molecule has 276 valence electrons. The number of ether oxygens (including phenoxy) is 3. The smallest absolute Gasteiger partial charge is 0.325 e. The van der Waals surface area contributed by atoms with E-state index in [2.05, 4.69) is 32.3 Å². The maximum absolute atomic E-state index is 11.6. The molecule has 1 rings (SSSR count). The number of halogens is 1. The highest BCUT2D eigenvalue weighted by atomic mass is 35.5. The number of methoxy groups -OCH3 is 1. The van der Waals surface area contributed by atoms with E-state index in [9.17, 15) is 19.2 Å². The fraction of sp³-hybridized carbons (Fsp3) is 0.622. The number of carbonyl (C=O) groups excluding carboxylic acids is 4. The van der Waals surface area contributed by atoms with Crippen molar-refractivity contribution in [1.29, 1.82) is 0 Å². The number of hydrogen-bond acceptors (Lipinski definition) is 9. The lowest BCUT2D eigenvalue weighted by atomic mass is 10.1. The first-order valence-electron chi connectivity index (χ1n) is 17.1. The monoisotopic (exact) mass is 698 g/mol. The highest BCUT2D eigenvalue weighted by Gasteiger charge is 2.14. The minimum atomic E-state index is -0.509. The van der Waals surface area contributed by atoms with Gasteiger partial charge in [-0.25, -0.2) is 0 Å². The van der Waals surface area contributed by atoms with Gasteiger partial charge in [0, 0.05) is 6.54 Å². The number of aromatic hydroxyl groups is 1. The molecule has 0 radical (unpaired) electrons. The molecule has 0 unspecified atom stereocenters. The minimum absolute atomic E-state index is 0.0215. The first kappa shape index (κ1) is 49.0. The van der Waals surface area contributed by atoms with Crippen molar-refractivity contribution in [2.24, 2.45) is 0 Å². The fourth-order valence-corrected chi connectivity index (χ4v) is 3.86. The maximum Gasteiger partial charge on any atom is 0.325 e. The lowest BCUT2D eigenvalue weighted by molar-refractivity contribution is -0.147. The van der Waals surface area contributed by atoms with E-state index in [1.54, 1.807) is 38.3 Å². The Hall–Kier alpha value is -3.37. The van der Waals surface area contributed by atoms with Crippen molar-refractivity contribution in [3.05, 3.63) is 49.6 Å². The van der Waals surface area contributed by atoms with E-state index in [4.69, 9.17) is 30.9 Å². The Kier molecular flexibility index (Phi) is 38.9. The first-order chi connectivity index (χ1) is 23.1. The van der Waals surface area contributed by atoms with Crippen LogP contribution in [0.25, 0.3) is 0 Å². The third-order valence-corrected chi connectivity index (χ3v) is 6.56. The van der Waals surface area contributed by atoms with E-state index in [0.717, 1.165) is 37.6 Å². The van der Waals surface area contributed by atoms with Gasteiger partial charge in [0.15, 0.2) is 0 Å². The van der Waals surface area contributed by atoms with Crippen LogP contribution in [0.15, 0.2) is 49.6 Å². The molecule has 0 spiro atoms. The molecule has 0 saturated heterocycles. The summed E-state index contributed by atoms with van der Waals surface area (Å²) in [6.45, 7) is 17.2. The molecule has 0 heterocycles. The van der Waals surface area contributed by atoms with Gasteiger partial charge in [0.2, 0.25) is 11.1 Å². The quantitative estimate of drug-likeness (QED) is 0.0509. The van der Waals surface area contributed by atoms with Gasteiger partial charge in [-0.15, -0.1) is 0 Å². The number of amides is 1. The molecule has 0 fully saturated rings. The molecule has 48 heavy (non-hydrogen) atoms. The second-order valence-corrected chi connectivity index (χ2v) is 10.9. The molecule has 0 saturated carbocycles. The third-order valence-electron chi connectivity index (χ3n) is 6.41. The Morgan fingerprint density at radius 3 is 1.71 bits per heavy atom. The van der Waals surface area contributed by atoms with Gasteiger partial charge in [0.25, 0.3) is 0 Å². The van der Waals surface area contributed by atoms with Gasteiger partial charge < -0.3 is 29.5 Å². The van der Waals surface area contributed by atoms with Crippen LogP contribution >= 0.6 is 11.6 Å². The molecule has 11 heteroatoms. The second-order valence-electron chi connectivity index (χ2n) is 10.5. The molecule has 0 aromatic heterocycles. The number of phenols is 1. The highest BCUT2D eigenvalue weighted by molar-refractivity contribution is 6.66. The van der Waals surface area contributed by atoms with Crippen LogP contribution < -0.4 is 10.1 Å². The molecular weight excluding hydrogens is 636 g/mol. The summed E-state index contributed by atoms with van der Waals surface area (Å²) in [7, 11) is 1.59. The molecule has 0 atom stereocenters. The standard InChI is InChI=1S/C15H27NO3.C12H25NO2.C7H8O2.C3H3ClO/c1-4-7-8-9-10-11-12-16(14(17)5-2)13-15(18)19-6-3;1-3-5-6-7-8-9-10-13-11-12(14)15-4-2;1-9-7-4-2-6(8)3-5-7;1-2-3(4)5/h5H,2,4,6-13H2,1,3H3;13H,3-11H2,1-2H3;2-5,8H,1H3;2H,1H2. The van der Waals surface area contributed by atoms with Crippen LogP contribution in [0.2, 0.25) is 0 Å². The molecule has 0 aliphatic carbocycles. The zero-order chi connectivity index (χ0) is 36.8. The topological polar surface area (TPSA) is 131 Å². The van der Waals surface area contributed by atoms with E-state index in [1.165, 1.54) is 68.8 Å². The van der Waals surface area contributed by atoms with Gasteiger partial charge in [-0.2, -0.15) is 0 Å². The first-order valence-corrected chi connectivity index (χ1v) is 17.5. The summed E-state index contributed by atoms with van der Waals surface area (Å²) in [4.78, 5) is 44.9. The number of rotatable bonds is 23. The summed E-state index contributed by atoms with van der Waals surface area (Å²) in [5.41, 5.74) is 0. The Morgan fingerprint density at radius 2 is 1.25 bits per heavy atom. The van der Waals surface area contributed by atoms with Crippen molar-refractivity contribution in [1.82, 2.24) is 10.2 Å². The third kappa shape index (κ3) is 37.1. The van der Waals surface area contributed by atoms with Gasteiger partial charge in [0.05, 0.1) is 26.9 Å². The van der Waals surface area contributed by atoms with Crippen LogP contribution in [0.4, 0.5) is 0 Å². The molecule has 1 amide bonds. The predicted molar refractivity (Wildman–Crippen MR) is 195 cm³/mol. The summed E-state index contributed by atoms with van der Waals surface area (Å²) in [5, 5.41) is 11.4. The van der Waals surface area contributed by atoms with Crippen LogP contribution in [0, 0.1) is 0 Å². The van der Waals surface area contributed by atoms with E-state index >= 15 is 0 Å². The van der Waals surface area contributed by atoms with Gasteiger partial charge in [-0.3, -0.25) is 19.2 Å². The predicted octanol–water partition coefficient (Wildman–Crippen LogP) is 7.76. The molecule has 2 N–H and O–H groups in total. The lowest BCUT2D eigenvalue weighted by Crippen LogP contribution is -2.36. The normalized spacial score (nSPS) is 9.54. The van der Waals surface area contributed by atoms with Gasteiger partial charge in [-0.1, -0.05) is 91.2 Å². The van der Waals surface area contributed by atoms with E-state index in [0.29, 0.717) is 26.3 Å². The zero-order valence-electron chi connectivity index (χ0n) is 30.2. The molecule has 0 aliphatic heterocycles. The summed E-state index contributed by atoms with van der Waals surface area (Å²) in [5.74, 6) is 0.303.